The minimum Gasteiger partial charge on any atom is -0.462 e. The Morgan fingerprint density at radius 3 is 2.81 bits per heavy atom. The number of rotatable bonds is 9. The van der Waals surface area contributed by atoms with E-state index in [9.17, 15) is 18.0 Å². The van der Waals surface area contributed by atoms with E-state index in [4.69, 9.17) is 15.2 Å². The highest BCUT2D eigenvalue weighted by Crippen LogP contribution is 2.12. The summed E-state index contributed by atoms with van der Waals surface area (Å²) in [7, 11) is -3.98. The number of carbonyl (C=O) groups is 2. The van der Waals surface area contributed by atoms with E-state index in [1.54, 1.807) is 6.92 Å². The van der Waals surface area contributed by atoms with Crippen molar-refractivity contribution in [2.24, 2.45) is 5.73 Å². The lowest BCUT2D eigenvalue weighted by molar-refractivity contribution is -0.122. The van der Waals surface area contributed by atoms with E-state index in [0.29, 0.717) is 0 Å². The highest BCUT2D eigenvalue weighted by atomic mass is 32.2. The van der Waals surface area contributed by atoms with Crippen molar-refractivity contribution in [3.05, 3.63) is 11.8 Å². The molecule has 0 unspecified atom stereocenters. The van der Waals surface area contributed by atoms with E-state index < -0.39 is 26.9 Å². The van der Waals surface area contributed by atoms with Crippen LogP contribution in [0, 0.1) is 0 Å². The highest BCUT2D eigenvalue weighted by Gasteiger charge is 2.25. The molecular weight excluding hydrogens is 304 g/mol. The standard InChI is InChI=1S/C10H16N4O6S/c1-2-20-10(16)7-5-12-14-9(7)21(17,18)13-3-4-19-6-8(11)15/h5,13H,2-4,6H2,1H3,(H2,11,15)(H,12,14). The third-order valence-corrected chi connectivity index (χ3v) is 3.58. The minimum atomic E-state index is -3.98. The van der Waals surface area contributed by atoms with Crippen molar-refractivity contribution >= 4 is 21.9 Å². The third kappa shape index (κ3) is 5.13. The van der Waals surface area contributed by atoms with Gasteiger partial charge in [-0.2, -0.15) is 5.10 Å². The summed E-state index contributed by atoms with van der Waals surface area (Å²) < 4.78 is 35.7. The van der Waals surface area contributed by atoms with Gasteiger partial charge in [0.2, 0.25) is 5.91 Å². The normalized spacial score (nSPS) is 11.3. The van der Waals surface area contributed by atoms with Gasteiger partial charge in [0.05, 0.1) is 19.4 Å². The van der Waals surface area contributed by atoms with Crippen LogP contribution in [-0.4, -0.2) is 56.9 Å². The van der Waals surface area contributed by atoms with Crippen LogP contribution in [0.25, 0.3) is 0 Å². The lowest BCUT2D eigenvalue weighted by Crippen LogP contribution is -2.30. The van der Waals surface area contributed by atoms with Crippen molar-refractivity contribution in [3.8, 4) is 0 Å². The van der Waals surface area contributed by atoms with E-state index in [1.165, 1.54) is 0 Å². The van der Waals surface area contributed by atoms with Gasteiger partial charge in [-0.25, -0.2) is 17.9 Å². The van der Waals surface area contributed by atoms with Gasteiger partial charge in [-0.3, -0.25) is 9.89 Å². The number of nitrogens with one attached hydrogen (secondary N) is 2. The zero-order valence-electron chi connectivity index (χ0n) is 11.3. The van der Waals surface area contributed by atoms with Gasteiger partial charge < -0.3 is 15.2 Å². The fourth-order valence-electron chi connectivity index (χ4n) is 1.33. The Balaban J connectivity index is 2.65. The zero-order chi connectivity index (χ0) is 15.9. The SMILES string of the molecule is CCOC(=O)c1cn[nH]c1S(=O)(=O)NCCOCC(N)=O. The van der Waals surface area contributed by atoms with Gasteiger partial charge in [0.25, 0.3) is 10.0 Å². The molecule has 0 fully saturated rings. The average Bonchev–Trinajstić information content (AvgIpc) is 2.88. The fraction of sp³-hybridized carbons (Fsp3) is 0.500. The number of sulfonamides is 1. The average molecular weight is 320 g/mol. The molecule has 0 aliphatic carbocycles. The van der Waals surface area contributed by atoms with Crippen LogP contribution in [0.4, 0.5) is 0 Å². The van der Waals surface area contributed by atoms with Gasteiger partial charge in [0, 0.05) is 6.54 Å². The summed E-state index contributed by atoms with van der Waals surface area (Å²) in [4.78, 5) is 22.0. The van der Waals surface area contributed by atoms with Gasteiger partial charge in [-0.15, -0.1) is 0 Å². The molecule has 0 radical (unpaired) electrons. The molecule has 1 rings (SSSR count). The summed E-state index contributed by atoms with van der Waals surface area (Å²) in [6, 6.07) is 0. The first kappa shape index (κ1) is 17.1. The number of primary amides is 1. The van der Waals surface area contributed by atoms with Gasteiger partial charge >= 0.3 is 5.97 Å². The Hall–Kier alpha value is -1.98. The van der Waals surface area contributed by atoms with E-state index in [2.05, 4.69) is 14.9 Å². The maximum Gasteiger partial charge on any atom is 0.342 e. The summed E-state index contributed by atoms with van der Waals surface area (Å²) in [5, 5.41) is 5.36. The smallest absolute Gasteiger partial charge is 0.342 e. The van der Waals surface area contributed by atoms with Crippen molar-refractivity contribution < 1.29 is 27.5 Å². The number of hydrogen-bond donors (Lipinski definition) is 3. The molecule has 0 atom stereocenters. The molecule has 0 aliphatic rings. The molecule has 118 valence electrons. The predicted octanol–water partition coefficient (Wildman–Crippen LogP) is -1.63. The molecule has 10 nitrogen and oxygen atoms in total. The van der Waals surface area contributed by atoms with Gasteiger partial charge in [-0.1, -0.05) is 0 Å². The lowest BCUT2D eigenvalue weighted by atomic mass is 10.4. The molecule has 0 saturated carbocycles. The number of esters is 1. The van der Waals surface area contributed by atoms with E-state index in [-0.39, 0.29) is 31.9 Å². The van der Waals surface area contributed by atoms with E-state index in [1.807, 2.05) is 0 Å². The maximum absolute atomic E-state index is 12.0. The highest BCUT2D eigenvalue weighted by molar-refractivity contribution is 7.89. The van der Waals surface area contributed by atoms with Gasteiger partial charge in [0.15, 0.2) is 5.03 Å². The Kier molecular flexibility index (Phi) is 6.27. The fourth-order valence-corrected chi connectivity index (χ4v) is 2.42. The van der Waals surface area contributed by atoms with Crippen LogP contribution in [0.3, 0.4) is 0 Å². The Morgan fingerprint density at radius 1 is 1.48 bits per heavy atom. The molecule has 4 N–H and O–H groups in total. The summed E-state index contributed by atoms with van der Waals surface area (Å²) in [5.41, 5.74) is 4.66. The van der Waals surface area contributed by atoms with Crippen molar-refractivity contribution in [2.45, 2.75) is 11.9 Å². The van der Waals surface area contributed by atoms with Crippen molar-refractivity contribution in [3.63, 3.8) is 0 Å². The molecule has 11 heteroatoms. The largest absolute Gasteiger partial charge is 0.462 e. The molecule has 1 aromatic rings. The van der Waals surface area contributed by atoms with Crippen LogP contribution in [-0.2, 0) is 24.3 Å². The van der Waals surface area contributed by atoms with Crippen LogP contribution >= 0.6 is 0 Å². The molecular formula is C10H16N4O6S. The van der Waals surface area contributed by atoms with Crippen LogP contribution in [0.5, 0.6) is 0 Å². The van der Waals surface area contributed by atoms with Crippen LogP contribution in [0.15, 0.2) is 11.2 Å². The Bertz CT molecular complexity index is 596. The van der Waals surface area contributed by atoms with Gasteiger partial charge in [-0.05, 0) is 6.92 Å². The van der Waals surface area contributed by atoms with Crippen LogP contribution < -0.4 is 10.5 Å². The summed E-state index contributed by atoms with van der Waals surface area (Å²) >= 11 is 0. The number of H-pyrrole nitrogens is 1. The molecule has 0 aliphatic heterocycles. The summed E-state index contributed by atoms with van der Waals surface area (Å²) in [6.45, 7) is 1.25. The maximum atomic E-state index is 12.0. The lowest BCUT2D eigenvalue weighted by Gasteiger charge is -2.07. The molecule has 0 bridgehead atoms. The number of aromatic nitrogens is 2. The number of nitrogens with zero attached hydrogens (tertiary/aromatic N) is 1. The first-order valence-electron chi connectivity index (χ1n) is 5.94. The van der Waals surface area contributed by atoms with Crippen molar-refractivity contribution in [1.82, 2.24) is 14.9 Å². The first-order chi connectivity index (χ1) is 9.88. The molecule has 0 spiro atoms. The molecule has 21 heavy (non-hydrogen) atoms. The number of ether oxygens (including phenoxy) is 2. The second-order valence-corrected chi connectivity index (χ2v) is 5.45. The Morgan fingerprint density at radius 2 is 2.19 bits per heavy atom. The monoisotopic (exact) mass is 320 g/mol. The summed E-state index contributed by atoms with van der Waals surface area (Å²) in [5.74, 6) is -1.45. The number of aromatic amines is 1. The van der Waals surface area contributed by atoms with Crippen molar-refractivity contribution in [2.75, 3.05) is 26.4 Å². The predicted molar refractivity (Wildman–Crippen MR) is 69.7 cm³/mol. The molecule has 1 heterocycles. The van der Waals surface area contributed by atoms with Crippen LogP contribution in [0.2, 0.25) is 0 Å². The topological polar surface area (TPSA) is 153 Å². The van der Waals surface area contributed by atoms with E-state index >= 15 is 0 Å². The number of nitrogens with two attached hydrogens (primary N) is 1. The first-order valence-corrected chi connectivity index (χ1v) is 7.43. The van der Waals surface area contributed by atoms with Gasteiger partial charge in [0.1, 0.15) is 12.2 Å². The van der Waals surface area contributed by atoms with Crippen molar-refractivity contribution in [1.29, 1.82) is 0 Å². The number of hydrogen-bond acceptors (Lipinski definition) is 7. The second-order valence-electron chi connectivity index (χ2n) is 3.75. The quantitative estimate of drug-likeness (QED) is 0.364. The zero-order valence-corrected chi connectivity index (χ0v) is 12.1. The Labute approximate surface area is 121 Å². The van der Waals surface area contributed by atoms with Crippen LogP contribution in [0.1, 0.15) is 17.3 Å². The molecule has 1 aromatic heterocycles. The molecule has 0 aromatic carbocycles. The minimum absolute atomic E-state index is 0.0505. The number of amides is 1. The molecule has 0 saturated heterocycles. The third-order valence-electron chi connectivity index (χ3n) is 2.15. The summed E-state index contributed by atoms with van der Waals surface area (Å²) in [6.07, 6.45) is 1.07. The second kappa shape index (κ2) is 7.71. The molecule has 1 amide bonds. The number of carbonyl (C=O) groups excluding carboxylic acids is 2. The van der Waals surface area contributed by atoms with E-state index in [0.717, 1.165) is 6.20 Å².